The largest absolute Gasteiger partial charge is 0.354 e. The lowest BCUT2D eigenvalue weighted by atomic mass is 9.96. The Balaban J connectivity index is 1.57. The van der Waals surface area contributed by atoms with Gasteiger partial charge in [0.05, 0.1) is 6.04 Å². The number of rotatable bonds is 8. The fraction of sp³-hybridized carbons (Fsp3) is 0.478. The van der Waals surface area contributed by atoms with Crippen molar-refractivity contribution in [3.05, 3.63) is 58.9 Å². The molecule has 1 fully saturated rings. The highest BCUT2D eigenvalue weighted by molar-refractivity contribution is 7.89. The standard InChI is InChI=1S/C23H31ClN4O3S/c1-4-17-7-9-18(10-8-17)20(27(2)3)16-26-23(29)19-11-14-28(15-12-19)32(30,31)21-6-5-13-25-22(21)24/h5-10,13,19-20H,4,11-12,14-16H2,1-3H3,(H,26,29). The summed E-state index contributed by atoms with van der Waals surface area (Å²) in [5.74, 6) is -0.241. The summed E-state index contributed by atoms with van der Waals surface area (Å²) in [5, 5.41) is 3.04. The van der Waals surface area contributed by atoms with E-state index < -0.39 is 10.0 Å². The van der Waals surface area contributed by atoms with Gasteiger partial charge in [-0.2, -0.15) is 4.31 Å². The first-order valence-electron chi connectivity index (χ1n) is 10.9. The van der Waals surface area contributed by atoms with Crippen LogP contribution in [-0.4, -0.2) is 62.2 Å². The number of carbonyl (C=O) groups excluding carboxylic acids is 1. The molecule has 32 heavy (non-hydrogen) atoms. The summed E-state index contributed by atoms with van der Waals surface area (Å²) in [5.41, 5.74) is 2.44. The molecule has 1 unspecified atom stereocenters. The Kier molecular flexibility index (Phi) is 8.27. The van der Waals surface area contributed by atoms with Crippen LogP contribution in [0.5, 0.6) is 0 Å². The number of carbonyl (C=O) groups is 1. The van der Waals surface area contributed by atoms with Gasteiger partial charge in [-0.3, -0.25) is 4.79 Å². The third-order valence-electron chi connectivity index (χ3n) is 6.03. The van der Waals surface area contributed by atoms with Gasteiger partial charge in [0, 0.05) is 31.7 Å². The van der Waals surface area contributed by atoms with Crippen molar-refractivity contribution >= 4 is 27.5 Å². The predicted molar refractivity (Wildman–Crippen MR) is 126 cm³/mol. The summed E-state index contributed by atoms with van der Waals surface area (Å²) in [6.07, 6.45) is 3.39. The van der Waals surface area contributed by atoms with E-state index in [9.17, 15) is 13.2 Å². The van der Waals surface area contributed by atoms with Gasteiger partial charge in [0.25, 0.3) is 0 Å². The van der Waals surface area contributed by atoms with Gasteiger partial charge in [0.1, 0.15) is 10.0 Å². The van der Waals surface area contributed by atoms with E-state index in [0.29, 0.717) is 19.4 Å². The Morgan fingerprint density at radius 2 is 1.88 bits per heavy atom. The van der Waals surface area contributed by atoms with Crippen molar-refractivity contribution in [2.75, 3.05) is 33.7 Å². The highest BCUT2D eigenvalue weighted by Gasteiger charge is 2.33. The zero-order valence-electron chi connectivity index (χ0n) is 18.8. The van der Waals surface area contributed by atoms with Gasteiger partial charge in [0.15, 0.2) is 0 Å². The number of hydrogen-bond donors (Lipinski definition) is 1. The summed E-state index contributed by atoms with van der Waals surface area (Å²) >= 11 is 5.99. The summed E-state index contributed by atoms with van der Waals surface area (Å²) in [6.45, 7) is 3.18. The molecule has 0 aliphatic carbocycles. The SMILES string of the molecule is CCc1ccc(C(CNC(=O)C2CCN(S(=O)(=O)c3cccnc3Cl)CC2)N(C)C)cc1. The zero-order chi connectivity index (χ0) is 23.3. The number of aromatic nitrogens is 1. The maximum atomic E-state index is 12.9. The molecule has 1 amide bonds. The fourth-order valence-corrected chi connectivity index (χ4v) is 5.87. The second-order valence-electron chi connectivity index (χ2n) is 8.29. The Bertz CT molecular complexity index is 1020. The van der Waals surface area contributed by atoms with E-state index in [4.69, 9.17) is 11.6 Å². The monoisotopic (exact) mass is 478 g/mol. The molecule has 7 nitrogen and oxygen atoms in total. The lowest BCUT2D eigenvalue weighted by Gasteiger charge is -2.31. The van der Waals surface area contributed by atoms with Crippen LogP contribution in [0.3, 0.4) is 0 Å². The molecular formula is C23H31ClN4O3S. The fourth-order valence-electron chi connectivity index (χ4n) is 3.98. The molecule has 0 bridgehead atoms. The minimum atomic E-state index is -3.72. The van der Waals surface area contributed by atoms with Crippen LogP contribution >= 0.6 is 11.6 Å². The van der Waals surface area contributed by atoms with Crippen molar-refractivity contribution in [3.63, 3.8) is 0 Å². The molecule has 1 aliphatic rings. The number of sulfonamides is 1. The molecule has 0 radical (unpaired) electrons. The third-order valence-corrected chi connectivity index (χ3v) is 8.38. The maximum absolute atomic E-state index is 12.9. The number of amides is 1. The van der Waals surface area contributed by atoms with Gasteiger partial charge in [-0.1, -0.05) is 42.8 Å². The van der Waals surface area contributed by atoms with Crippen molar-refractivity contribution < 1.29 is 13.2 Å². The van der Waals surface area contributed by atoms with Crippen molar-refractivity contribution in [1.82, 2.24) is 19.5 Å². The van der Waals surface area contributed by atoms with Gasteiger partial charge >= 0.3 is 0 Å². The number of piperidine rings is 1. The van der Waals surface area contributed by atoms with Crippen molar-refractivity contribution in [2.45, 2.75) is 37.1 Å². The summed E-state index contributed by atoms with van der Waals surface area (Å²) in [4.78, 5) is 18.8. The van der Waals surface area contributed by atoms with E-state index >= 15 is 0 Å². The number of nitrogens with one attached hydrogen (secondary N) is 1. The van der Waals surface area contributed by atoms with Crippen LogP contribution < -0.4 is 5.32 Å². The van der Waals surface area contributed by atoms with Crippen LogP contribution in [0.2, 0.25) is 5.15 Å². The van der Waals surface area contributed by atoms with Gasteiger partial charge in [-0.15, -0.1) is 0 Å². The number of pyridine rings is 1. The average molecular weight is 479 g/mol. The Hall–Kier alpha value is -2.00. The van der Waals surface area contributed by atoms with E-state index in [0.717, 1.165) is 12.0 Å². The van der Waals surface area contributed by atoms with Crippen molar-refractivity contribution in [2.24, 2.45) is 5.92 Å². The molecule has 1 aromatic heterocycles. The second-order valence-corrected chi connectivity index (χ2v) is 10.6. The smallest absolute Gasteiger partial charge is 0.246 e. The molecule has 0 spiro atoms. The number of aryl methyl sites for hydroxylation is 1. The van der Waals surface area contributed by atoms with Crippen LogP contribution in [0.1, 0.15) is 36.9 Å². The lowest BCUT2D eigenvalue weighted by Crippen LogP contribution is -2.44. The van der Waals surface area contributed by atoms with E-state index in [1.54, 1.807) is 6.07 Å². The van der Waals surface area contributed by atoms with Gasteiger partial charge in [-0.05, 0) is 56.6 Å². The number of nitrogens with zero attached hydrogens (tertiary/aromatic N) is 3. The summed E-state index contributed by atoms with van der Waals surface area (Å²) in [7, 11) is 0.275. The molecule has 0 saturated carbocycles. The normalized spacial score (nSPS) is 16.8. The molecule has 2 heterocycles. The third kappa shape index (κ3) is 5.67. The molecule has 3 rings (SSSR count). The number of benzene rings is 1. The molecule has 9 heteroatoms. The number of halogens is 1. The first-order chi connectivity index (χ1) is 15.2. The van der Waals surface area contributed by atoms with E-state index in [2.05, 4.69) is 46.4 Å². The predicted octanol–water partition coefficient (Wildman–Crippen LogP) is 3.12. The quantitative estimate of drug-likeness (QED) is 0.589. The first-order valence-corrected chi connectivity index (χ1v) is 12.7. The minimum absolute atomic E-state index is 0.00693. The van der Waals surface area contributed by atoms with E-state index in [1.807, 2.05) is 14.1 Å². The molecular weight excluding hydrogens is 448 g/mol. The summed E-state index contributed by atoms with van der Waals surface area (Å²) < 4.78 is 27.1. The number of hydrogen-bond acceptors (Lipinski definition) is 5. The average Bonchev–Trinajstić information content (AvgIpc) is 2.79. The van der Waals surface area contributed by atoms with Gasteiger partial charge in [-0.25, -0.2) is 13.4 Å². The Labute approximate surface area is 195 Å². The Morgan fingerprint density at radius 1 is 1.22 bits per heavy atom. The summed E-state index contributed by atoms with van der Waals surface area (Å²) in [6, 6.07) is 11.5. The molecule has 174 valence electrons. The number of likely N-dealkylation sites (N-methyl/N-ethyl adjacent to an activating group) is 1. The zero-order valence-corrected chi connectivity index (χ0v) is 20.4. The van der Waals surface area contributed by atoms with E-state index in [1.165, 1.54) is 22.1 Å². The first kappa shape index (κ1) is 24.6. The van der Waals surface area contributed by atoms with Gasteiger partial charge < -0.3 is 10.2 Å². The molecule has 2 aromatic rings. The molecule has 1 atom stereocenters. The van der Waals surface area contributed by atoms with Crippen molar-refractivity contribution in [3.8, 4) is 0 Å². The van der Waals surface area contributed by atoms with Crippen LogP contribution in [0.4, 0.5) is 0 Å². The van der Waals surface area contributed by atoms with Crippen LogP contribution in [0, 0.1) is 5.92 Å². The Morgan fingerprint density at radius 3 is 2.44 bits per heavy atom. The van der Waals surface area contributed by atoms with Crippen LogP contribution in [0.15, 0.2) is 47.5 Å². The maximum Gasteiger partial charge on any atom is 0.246 e. The highest BCUT2D eigenvalue weighted by Crippen LogP contribution is 2.27. The second kappa shape index (κ2) is 10.7. The molecule has 1 N–H and O–H groups in total. The molecule has 1 aromatic carbocycles. The van der Waals surface area contributed by atoms with Crippen molar-refractivity contribution in [1.29, 1.82) is 0 Å². The van der Waals surface area contributed by atoms with E-state index in [-0.39, 0.29) is 41.0 Å². The minimum Gasteiger partial charge on any atom is -0.354 e. The van der Waals surface area contributed by atoms with Gasteiger partial charge in [0.2, 0.25) is 15.9 Å². The molecule has 1 saturated heterocycles. The molecule has 1 aliphatic heterocycles. The topological polar surface area (TPSA) is 82.6 Å². The highest BCUT2D eigenvalue weighted by atomic mass is 35.5. The lowest BCUT2D eigenvalue weighted by molar-refractivity contribution is -0.126. The van der Waals surface area contributed by atoms with Crippen LogP contribution in [-0.2, 0) is 21.2 Å². The van der Waals surface area contributed by atoms with Crippen LogP contribution in [0.25, 0.3) is 0 Å².